The molecule has 1 aromatic rings. The number of anilines is 1. The first-order valence-corrected chi connectivity index (χ1v) is 7.20. The third-order valence-corrected chi connectivity index (χ3v) is 3.46. The monoisotopic (exact) mass is 420 g/mol. The van der Waals surface area contributed by atoms with Crippen LogP contribution in [-0.2, 0) is 4.79 Å². The molecule has 1 aliphatic carbocycles. The highest BCUT2D eigenvalue weighted by Gasteiger charge is 2.16. The van der Waals surface area contributed by atoms with Crippen molar-refractivity contribution in [3.63, 3.8) is 0 Å². The molecule has 2 rings (SSSR count). The normalized spacial score (nSPS) is 15.1. The van der Waals surface area contributed by atoms with Gasteiger partial charge in [0.25, 0.3) is 0 Å². The molecule has 7 heteroatoms. The molecule has 22 heavy (non-hydrogen) atoms. The SMILES string of the molecule is CN=C(NCC(=O)Nc1ccc(F)cc1)NC1CCCC1.I. The maximum absolute atomic E-state index is 12.8. The van der Waals surface area contributed by atoms with E-state index in [-0.39, 0.29) is 42.2 Å². The average Bonchev–Trinajstić information content (AvgIpc) is 2.99. The van der Waals surface area contributed by atoms with Gasteiger partial charge in [0.2, 0.25) is 5.91 Å². The van der Waals surface area contributed by atoms with Gasteiger partial charge in [-0.25, -0.2) is 4.39 Å². The summed E-state index contributed by atoms with van der Waals surface area (Å²) in [5.74, 6) is 0.111. The van der Waals surface area contributed by atoms with Crippen molar-refractivity contribution in [1.29, 1.82) is 0 Å². The van der Waals surface area contributed by atoms with Crippen molar-refractivity contribution < 1.29 is 9.18 Å². The molecule has 0 aromatic heterocycles. The third-order valence-electron chi connectivity index (χ3n) is 3.46. The number of amides is 1. The van der Waals surface area contributed by atoms with Crippen LogP contribution < -0.4 is 16.0 Å². The van der Waals surface area contributed by atoms with Crippen molar-refractivity contribution in [3.05, 3.63) is 30.1 Å². The Labute approximate surface area is 147 Å². The van der Waals surface area contributed by atoms with Crippen LogP contribution in [-0.4, -0.2) is 31.5 Å². The number of carbonyl (C=O) groups is 1. The van der Waals surface area contributed by atoms with E-state index in [9.17, 15) is 9.18 Å². The van der Waals surface area contributed by atoms with Gasteiger partial charge in [-0.1, -0.05) is 12.8 Å². The summed E-state index contributed by atoms with van der Waals surface area (Å²) in [5.41, 5.74) is 0.571. The molecule has 1 saturated carbocycles. The Kier molecular flexibility index (Phi) is 8.15. The first-order chi connectivity index (χ1) is 10.2. The van der Waals surface area contributed by atoms with Crippen LogP contribution in [0.4, 0.5) is 10.1 Å². The summed E-state index contributed by atoms with van der Waals surface area (Å²) >= 11 is 0. The Morgan fingerprint density at radius 2 is 1.91 bits per heavy atom. The van der Waals surface area contributed by atoms with Gasteiger partial charge in [0.1, 0.15) is 5.82 Å². The first kappa shape index (κ1) is 18.7. The van der Waals surface area contributed by atoms with Gasteiger partial charge in [0.15, 0.2) is 5.96 Å². The molecule has 0 unspecified atom stereocenters. The van der Waals surface area contributed by atoms with E-state index < -0.39 is 0 Å². The fourth-order valence-electron chi connectivity index (χ4n) is 2.36. The van der Waals surface area contributed by atoms with Crippen LogP contribution in [0.3, 0.4) is 0 Å². The second-order valence-corrected chi connectivity index (χ2v) is 5.11. The molecule has 0 bridgehead atoms. The highest BCUT2D eigenvalue weighted by atomic mass is 127. The minimum absolute atomic E-state index is 0. The second kappa shape index (κ2) is 9.60. The minimum Gasteiger partial charge on any atom is -0.354 e. The van der Waals surface area contributed by atoms with Gasteiger partial charge in [0, 0.05) is 18.8 Å². The molecule has 0 atom stereocenters. The number of hydrogen-bond donors (Lipinski definition) is 3. The maximum atomic E-state index is 12.8. The number of halogens is 2. The Balaban J connectivity index is 0.00000242. The van der Waals surface area contributed by atoms with E-state index in [1.807, 2.05) is 0 Å². The molecule has 122 valence electrons. The summed E-state index contributed by atoms with van der Waals surface area (Å²) in [4.78, 5) is 15.9. The van der Waals surface area contributed by atoms with E-state index in [1.54, 1.807) is 7.05 Å². The Morgan fingerprint density at radius 1 is 1.27 bits per heavy atom. The number of nitrogens with one attached hydrogen (secondary N) is 3. The van der Waals surface area contributed by atoms with Crippen molar-refractivity contribution in [3.8, 4) is 0 Å². The smallest absolute Gasteiger partial charge is 0.243 e. The van der Waals surface area contributed by atoms with E-state index in [4.69, 9.17) is 0 Å². The van der Waals surface area contributed by atoms with E-state index in [0.717, 1.165) is 12.8 Å². The highest BCUT2D eigenvalue weighted by molar-refractivity contribution is 14.0. The summed E-state index contributed by atoms with van der Waals surface area (Å²) in [7, 11) is 1.68. The van der Waals surface area contributed by atoms with Crippen LogP contribution >= 0.6 is 24.0 Å². The lowest BCUT2D eigenvalue weighted by atomic mass is 10.2. The Bertz CT molecular complexity index is 501. The van der Waals surface area contributed by atoms with Crippen LogP contribution in [0.25, 0.3) is 0 Å². The van der Waals surface area contributed by atoms with Crippen molar-refractivity contribution in [2.45, 2.75) is 31.7 Å². The summed E-state index contributed by atoms with van der Waals surface area (Å²) in [5, 5.41) is 8.97. The van der Waals surface area contributed by atoms with Gasteiger partial charge in [-0.3, -0.25) is 9.79 Å². The number of hydrogen-bond acceptors (Lipinski definition) is 2. The van der Waals surface area contributed by atoms with Crippen molar-refractivity contribution in [2.24, 2.45) is 4.99 Å². The zero-order valence-electron chi connectivity index (χ0n) is 12.6. The van der Waals surface area contributed by atoms with Crippen molar-refractivity contribution in [2.75, 3.05) is 18.9 Å². The largest absolute Gasteiger partial charge is 0.354 e. The van der Waals surface area contributed by atoms with Crippen LogP contribution in [0.15, 0.2) is 29.3 Å². The summed E-state index contributed by atoms with van der Waals surface area (Å²) < 4.78 is 12.8. The Hall–Kier alpha value is -1.38. The number of aliphatic imine (C=N–C) groups is 1. The molecule has 1 aromatic carbocycles. The lowest BCUT2D eigenvalue weighted by molar-refractivity contribution is -0.115. The zero-order chi connectivity index (χ0) is 15.1. The fourth-order valence-corrected chi connectivity index (χ4v) is 2.36. The molecule has 0 aliphatic heterocycles. The molecular weight excluding hydrogens is 398 g/mol. The molecule has 0 heterocycles. The molecule has 0 radical (unpaired) electrons. The van der Waals surface area contributed by atoms with E-state index in [1.165, 1.54) is 37.1 Å². The quantitative estimate of drug-likeness (QED) is 0.399. The summed E-state index contributed by atoms with van der Waals surface area (Å²) in [6, 6.07) is 6.11. The van der Waals surface area contributed by atoms with Gasteiger partial charge in [-0.05, 0) is 37.1 Å². The number of carbonyl (C=O) groups excluding carboxylic acids is 1. The van der Waals surface area contributed by atoms with Crippen LogP contribution in [0.2, 0.25) is 0 Å². The summed E-state index contributed by atoms with van der Waals surface area (Å²) in [6.07, 6.45) is 4.75. The van der Waals surface area contributed by atoms with Gasteiger partial charge in [-0.2, -0.15) is 0 Å². The highest BCUT2D eigenvalue weighted by Crippen LogP contribution is 2.17. The number of benzene rings is 1. The maximum Gasteiger partial charge on any atom is 0.243 e. The number of rotatable bonds is 4. The number of guanidine groups is 1. The third kappa shape index (κ3) is 6.17. The van der Waals surface area contributed by atoms with Gasteiger partial charge < -0.3 is 16.0 Å². The predicted molar refractivity (Wildman–Crippen MR) is 97.2 cm³/mol. The van der Waals surface area contributed by atoms with Crippen molar-refractivity contribution in [1.82, 2.24) is 10.6 Å². The number of nitrogens with zero attached hydrogens (tertiary/aromatic N) is 1. The van der Waals surface area contributed by atoms with E-state index in [2.05, 4.69) is 20.9 Å². The predicted octanol–water partition coefficient (Wildman–Crippen LogP) is 2.49. The first-order valence-electron chi connectivity index (χ1n) is 7.20. The van der Waals surface area contributed by atoms with Crippen LogP contribution in [0.1, 0.15) is 25.7 Å². The standard InChI is InChI=1S/C15H21FN4O.HI/c1-17-15(20-12-4-2-3-5-12)18-10-14(21)19-13-8-6-11(16)7-9-13;/h6-9,12H,2-5,10H2,1H3,(H,19,21)(H2,17,18,20);1H. The second-order valence-electron chi connectivity index (χ2n) is 5.11. The van der Waals surface area contributed by atoms with Crippen LogP contribution in [0, 0.1) is 5.82 Å². The molecule has 3 N–H and O–H groups in total. The van der Waals surface area contributed by atoms with E-state index in [0.29, 0.717) is 17.7 Å². The molecule has 5 nitrogen and oxygen atoms in total. The topological polar surface area (TPSA) is 65.5 Å². The van der Waals surface area contributed by atoms with E-state index >= 15 is 0 Å². The Morgan fingerprint density at radius 3 is 2.50 bits per heavy atom. The molecular formula is C15H22FIN4O. The molecule has 1 aliphatic rings. The van der Waals surface area contributed by atoms with Gasteiger partial charge in [-0.15, -0.1) is 24.0 Å². The molecule has 1 fully saturated rings. The average molecular weight is 420 g/mol. The zero-order valence-corrected chi connectivity index (χ0v) is 14.9. The van der Waals surface area contributed by atoms with Crippen molar-refractivity contribution >= 4 is 41.5 Å². The minimum atomic E-state index is -0.327. The molecule has 0 spiro atoms. The van der Waals surface area contributed by atoms with Gasteiger partial charge in [0.05, 0.1) is 6.54 Å². The molecule has 0 saturated heterocycles. The van der Waals surface area contributed by atoms with Crippen LogP contribution in [0.5, 0.6) is 0 Å². The lowest BCUT2D eigenvalue weighted by Gasteiger charge is -2.16. The summed E-state index contributed by atoms with van der Waals surface area (Å²) in [6.45, 7) is 0.115. The fraction of sp³-hybridized carbons (Fsp3) is 0.467. The lowest BCUT2D eigenvalue weighted by Crippen LogP contribution is -2.45. The molecule has 1 amide bonds. The van der Waals surface area contributed by atoms with Gasteiger partial charge >= 0.3 is 0 Å².